The van der Waals surface area contributed by atoms with Crippen molar-refractivity contribution in [3.8, 4) is 0 Å². The summed E-state index contributed by atoms with van der Waals surface area (Å²) in [4.78, 5) is 31.6. The number of hydrogen-bond acceptors (Lipinski definition) is 4. The first-order chi connectivity index (χ1) is 12.1. The van der Waals surface area contributed by atoms with Crippen molar-refractivity contribution in [3.63, 3.8) is 0 Å². The van der Waals surface area contributed by atoms with E-state index in [1.165, 1.54) is 0 Å². The Bertz CT molecular complexity index is 793. The number of nitrogens with zero attached hydrogens (tertiary/aromatic N) is 2. The fraction of sp³-hybridized carbons (Fsp3) is 0.450. The average molecular weight is 338 g/mol. The zero-order chi connectivity index (χ0) is 17.4. The molecule has 130 valence electrons. The Morgan fingerprint density at radius 3 is 2.68 bits per heavy atom. The second-order valence-electron chi connectivity index (χ2n) is 7.03. The van der Waals surface area contributed by atoms with E-state index in [1.807, 2.05) is 37.3 Å². The second kappa shape index (κ2) is 6.47. The SMILES string of the molecule is Cc1nc(C2CC2)oc1C(=O)N1CCCC1CC(=O)c1ccccc1. The van der Waals surface area contributed by atoms with Gasteiger partial charge in [-0.25, -0.2) is 4.98 Å². The first-order valence-electron chi connectivity index (χ1n) is 9.00. The van der Waals surface area contributed by atoms with E-state index in [9.17, 15) is 9.59 Å². The number of carbonyl (C=O) groups excluding carboxylic acids is 2. The van der Waals surface area contributed by atoms with Gasteiger partial charge in [0.25, 0.3) is 5.91 Å². The van der Waals surface area contributed by atoms with Gasteiger partial charge in [0.15, 0.2) is 11.7 Å². The van der Waals surface area contributed by atoms with Crippen molar-refractivity contribution >= 4 is 11.7 Å². The summed E-state index contributed by atoms with van der Waals surface area (Å²) < 4.78 is 5.76. The molecule has 5 nitrogen and oxygen atoms in total. The summed E-state index contributed by atoms with van der Waals surface area (Å²) in [6.07, 6.45) is 4.31. The molecule has 1 atom stereocenters. The van der Waals surface area contributed by atoms with Gasteiger partial charge in [-0.3, -0.25) is 9.59 Å². The number of benzene rings is 1. The zero-order valence-electron chi connectivity index (χ0n) is 14.4. The average Bonchev–Trinajstić information content (AvgIpc) is 3.26. The molecule has 2 aromatic rings. The highest BCUT2D eigenvalue weighted by molar-refractivity contribution is 5.97. The Balaban J connectivity index is 1.49. The lowest BCUT2D eigenvalue weighted by molar-refractivity contribution is 0.0684. The van der Waals surface area contributed by atoms with E-state index in [0.29, 0.717) is 41.8 Å². The van der Waals surface area contributed by atoms with E-state index >= 15 is 0 Å². The maximum atomic E-state index is 12.9. The fourth-order valence-electron chi connectivity index (χ4n) is 3.52. The molecule has 1 aromatic heterocycles. The first-order valence-corrected chi connectivity index (χ1v) is 9.00. The highest BCUT2D eigenvalue weighted by Crippen LogP contribution is 2.40. The largest absolute Gasteiger partial charge is 0.435 e. The van der Waals surface area contributed by atoms with Crippen LogP contribution in [0.2, 0.25) is 0 Å². The van der Waals surface area contributed by atoms with Crippen LogP contribution in [0, 0.1) is 6.92 Å². The molecule has 0 N–H and O–H groups in total. The third-order valence-corrected chi connectivity index (χ3v) is 5.09. The number of ketones is 1. The van der Waals surface area contributed by atoms with Crippen LogP contribution in [0.5, 0.6) is 0 Å². The van der Waals surface area contributed by atoms with Crippen LogP contribution in [0.15, 0.2) is 34.7 Å². The van der Waals surface area contributed by atoms with E-state index < -0.39 is 0 Å². The first kappa shape index (κ1) is 16.1. The summed E-state index contributed by atoms with van der Waals surface area (Å²) in [5.41, 5.74) is 1.36. The van der Waals surface area contributed by atoms with E-state index in [0.717, 1.165) is 25.7 Å². The Morgan fingerprint density at radius 2 is 1.96 bits per heavy atom. The van der Waals surface area contributed by atoms with Gasteiger partial charge in [0, 0.05) is 30.5 Å². The van der Waals surface area contributed by atoms with Crippen LogP contribution in [-0.2, 0) is 0 Å². The molecule has 1 aromatic carbocycles. The van der Waals surface area contributed by atoms with Gasteiger partial charge in [-0.1, -0.05) is 30.3 Å². The van der Waals surface area contributed by atoms with Gasteiger partial charge in [-0.15, -0.1) is 0 Å². The lowest BCUT2D eigenvalue weighted by Crippen LogP contribution is -2.37. The highest BCUT2D eigenvalue weighted by atomic mass is 16.4. The van der Waals surface area contributed by atoms with Gasteiger partial charge in [-0.05, 0) is 32.6 Å². The van der Waals surface area contributed by atoms with E-state index in [-0.39, 0.29) is 17.7 Å². The summed E-state index contributed by atoms with van der Waals surface area (Å²) >= 11 is 0. The molecule has 1 saturated heterocycles. The van der Waals surface area contributed by atoms with Gasteiger partial charge in [0.1, 0.15) is 0 Å². The maximum Gasteiger partial charge on any atom is 0.291 e. The Labute approximate surface area is 147 Å². The number of likely N-dealkylation sites (tertiary alicyclic amines) is 1. The monoisotopic (exact) mass is 338 g/mol. The van der Waals surface area contributed by atoms with Crippen LogP contribution in [0.1, 0.15) is 70.5 Å². The smallest absolute Gasteiger partial charge is 0.291 e. The summed E-state index contributed by atoms with van der Waals surface area (Å²) in [5, 5.41) is 0. The van der Waals surface area contributed by atoms with Gasteiger partial charge in [-0.2, -0.15) is 0 Å². The molecule has 2 heterocycles. The lowest BCUT2D eigenvalue weighted by atomic mass is 10.0. The minimum atomic E-state index is -0.125. The maximum absolute atomic E-state index is 12.9. The van der Waals surface area contributed by atoms with Crippen LogP contribution < -0.4 is 0 Å². The van der Waals surface area contributed by atoms with Crippen molar-refractivity contribution in [1.29, 1.82) is 0 Å². The molecule has 2 aliphatic rings. The fourth-order valence-corrected chi connectivity index (χ4v) is 3.52. The summed E-state index contributed by atoms with van der Waals surface area (Å²) in [7, 11) is 0. The van der Waals surface area contributed by atoms with Gasteiger partial charge in [0.05, 0.1) is 5.69 Å². The summed E-state index contributed by atoms with van der Waals surface area (Å²) in [6, 6.07) is 9.21. The van der Waals surface area contributed by atoms with E-state index in [2.05, 4.69) is 4.98 Å². The number of oxazole rings is 1. The molecule has 1 unspecified atom stereocenters. The quantitative estimate of drug-likeness (QED) is 0.779. The number of aromatic nitrogens is 1. The standard InChI is InChI=1S/C20H22N2O3/c1-13-18(25-19(21-13)15-9-10-15)20(24)22-11-5-8-16(22)12-17(23)14-6-3-2-4-7-14/h2-4,6-7,15-16H,5,8-12H2,1H3. The molecule has 0 bridgehead atoms. The van der Waals surface area contributed by atoms with Crippen molar-refractivity contribution < 1.29 is 14.0 Å². The number of amides is 1. The Morgan fingerprint density at radius 1 is 1.20 bits per heavy atom. The van der Waals surface area contributed by atoms with E-state index in [1.54, 1.807) is 4.90 Å². The van der Waals surface area contributed by atoms with Crippen molar-refractivity contribution in [1.82, 2.24) is 9.88 Å². The molecule has 0 spiro atoms. The Kier molecular flexibility index (Phi) is 4.15. The normalized spacial score (nSPS) is 20.0. The molecular formula is C20H22N2O3. The third kappa shape index (κ3) is 3.23. The predicted octanol–water partition coefficient (Wildman–Crippen LogP) is 3.74. The highest BCUT2D eigenvalue weighted by Gasteiger charge is 2.36. The third-order valence-electron chi connectivity index (χ3n) is 5.09. The van der Waals surface area contributed by atoms with Crippen molar-refractivity contribution in [2.24, 2.45) is 0 Å². The minimum absolute atomic E-state index is 0.0610. The zero-order valence-corrected chi connectivity index (χ0v) is 14.4. The predicted molar refractivity (Wildman–Crippen MR) is 92.7 cm³/mol. The number of hydrogen-bond donors (Lipinski definition) is 0. The van der Waals surface area contributed by atoms with Crippen LogP contribution in [0.25, 0.3) is 0 Å². The number of Topliss-reactive ketones (excluding diaryl/α,β-unsaturated/α-hetero) is 1. The number of rotatable bonds is 5. The molecule has 1 saturated carbocycles. The topological polar surface area (TPSA) is 63.4 Å². The molecule has 0 radical (unpaired) electrons. The molecule has 1 amide bonds. The molecule has 2 fully saturated rings. The number of aryl methyl sites for hydroxylation is 1. The van der Waals surface area contributed by atoms with Crippen LogP contribution in [0.3, 0.4) is 0 Å². The van der Waals surface area contributed by atoms with Crippen molar-refractivity contribution in [3.05, 3.63) is 53.2 Å². The molecule has 1 aliphatic carbocycles. The van der Waals surface area contributed by atoms with Crippen LogP contribution in [-0.4, -0.2) is 34.2 Å². The molecule has 1 aliphatic heterocycles. The van der Waals surface area contributed by atoms with Crippen molar-refractivity contribution in [2.75, 3.05) is 6.54 Å². The molecule has 5 heteroatoms. The minimum Gasteiger partial charge on any atom is -0.435 e. The number of carbonyl (C=O) groups is 2. The van der Waals surface area contributed by atoms with Crippen LogP contribution >= 0.6 is 0 Å². The lowest BCUT2D eigenvalue weighted by Gasteiger charge is -2.23. The molecule has 25 heavy (non-hydrogen) atoms. The van der Waals surface area contributed by atoms with Crippen LogP contribution in [0.4, 0.5) is 0 Å². The Hall–Kier alpha value is -2.43. The second-order valence-corrected chi connectivity index (χ2v) is 7.03. The van der Waals surface area contributed by atoms with Gasteiger partial charge >= 0.3 is 0 Å². The van der Waals surface area contributed by atoms with Gasteiger partial charge < -0.3 is 9.32 Å². The summed E-state index contributed by atoms with van der Waals surface area (Å²) in [6.45, 7) is 2.49. The molecule has 4 rings (SSSR count). The summed E-state index contributed by atoms with van der Waals surface area (Å²) in [5.74, 6) is 1.38. The van der Waals surface area contributed by atoms with E-state index in [4.69, 9.17) is 4.42 Å². The van der Waals surface area contributed by atoms with Gasteiger partial charge in [0.2, 0.25) is 5.76 Å². The molecular weight excluding hydrogens is 316 g/mol. The van der Waals surface area contributed by atoms with Crippen molar-refractivity contribution in [2.45, 2.75) is 51.0 Å².